The minimum absolute atomic E-state index is 0.319. The average molecular weight is 348 g/mol. The van der Waals surface area contributed by atoms with Crippen molar-refractivity contribution in [2.45, 2.75) is 20.4 Å². The number of H-pyrrole nitrogens is 1. The van der Waals surface area contributed by atoms with Gasteiger partial charge in [0.2, 0.25) is 0 Å². The Bertz CT molecular complexity index is 1060. The summed E-state index contributed by atoms with van der Waals surface area (Å²) in [6.07, 6.45) is 2.00. The van der Waals surface area contributed by atoms with E-state index < -0.39 is 0 Å². The van der Waals surface area contributed by atoms with E-state index in [-0.39, 0.29) is 0 Å². The number of rotatable bonds is 6. The summed E-state index contributed by atoms with van der Waals surface area (Å²) < 4.78 is 13.0. The maximum absolute atomic E-state index is 5.59. The maximum Gasteiger partial charge on any atom is 0.146 e. The highest BCUT2D eigenvalue weighted by molar-refractivity contribution is 6.00. The van der Waals surface area contributed by atoms with Gasteiger partial charge in [-0.1, -0.05) is 24.3 Å². The third kappa shape index (κ3) is 2.81. The molecule has 0 saturated heterocycles. The summed E-state index contributed by atoms with van der Waals surface area (Å²) >= 11 is 0. The van der Waals surface area contributed by atoms with Crippen molar-refractivity contribution < 1.29 is 9.47 Å². The minimum atomic E-state index is 0.319. The van der Waals surface area contributed by atoms with Crippen LogP contribution in [0.5, 0.6) is 0 Å². The fourth-order valence-corrected chi connectivity index (χ4v) is 3.80. The standard InChI is InChI=1S/C22H24N2O2/c1-15-7-8-17-16(2)22(19-5-4-6-20-18(19)9-10-23-20)24(21(17)13-15)11-12-26-14-25-3/h4-10,13,23H,11-12,14H2,1-3H3. The highest BCUT2D eigenvalue weighted by Crippen LogP contribution is 2.37. The average Bonchev–Trinajstić information content (AvgIpc) is 3.22. The monoisotopic (exact) mass is 348 g/mol. The first-order valence-electron chi connectivity index (χ1n) is 8.93. The summed E-state index contributed by atoms with van der Waals surface area (Å²) in [5.74, 6) is 0. The van der Waals surface area contributed by atoms with Gasteiger partial charge >= 0.3 is 0 Å². The van der Waals surface area contributed by atoms with E-state index in [0.29, 0.717) is 13.4 Å². The lowest BCUT2D eigenvalue weighted by Crippen LogP contribution is -2.09. The Kier molecular flexibility index (Phi) is 4.53. The molecular formula is C22H24N2O2. The van der Waals surface area contributed by atoms with Crippen LogP contribution >= 0.6 is 0 Å². The van der Waals surface area contributed by atoms with Crippen molar-refractivity contribution in [1.82, 2.24) is 9.55 Å². The molecule has 26 heavy (non-hydrogen) atoms. The van der Waals surface area contributed by atoms with Crippen molar-refractivity contribution in [2.24, 2.45) is 0 Å². The van der Waals surface area contributed by atoms with Gasteiger partial charge in [-0.2, -0.15) is 0 Å². The molecule has 0 bridgehead atoms. The van der Waals surface area contributed by atoms with Crippen LogP contribution in [-0.2, 0) is 16.0 Å². The van der Waals surface area contributed by atoms with E-state index in [1.807, 2.05) is 6.20 Å². The van der Waals surface area contributed by atoms with Crippen molar-refractivity contribution in [2.75, 3.05) is 20.5 Å². The van der Waals surface area contributed by atoms with Crippen LogP contribution in [0.3, 0.4) is 0 Å². The quantitative estimate of drug-likeness (QED) is 0.392. The predicted octanol–water partition coefficient (Wildman–Crippen LogP) is 5.03. The summed E-state index contributed by atoms with van der Waals surface area (Å²) in [5.41, 5.74) is 7.50. The van der Waals surface area contributed by atoms with Gasteiger partial charge in [-0.25, -0.2) is 0 Å². The Morgan fingerprint density at radius 1 is 1.04 bits per heavy atom. The minimum Gasteiger partial charge on any atom is -0.361 e. The molecule has 134 valence electrons. The van der Waals surface area contributed by atoms with Crippen molar-refractivity contribution >= 4 is 21.8 Å². The van der Waals surface area contributed by atoms with Crippen LogP contribution in [0, 0.1) is 13.8 Å². The van der Waals surface area contributed by atoms with Crippen molar-refractivity contribution in [3.05, 3.63) is 59.8 Å². The molecule has 0 fully saturated rings. The molecule has 2 aromatic heterocycles. The van der Waals surface area contributed by atoms with Crippen LogP contribution in [0.1, 0.15) is 11.1 Å². The second kappa shape index (κ2) is 6.98. The van der Waals surface area contributed by atoms with E-state index in [2.05, 4.69) is 65.9 Å². The second-order valence-corrected chi connectivity index (χ2v) is 6.71. The molecule has 0 saturated carbocycles. The SMILES string of the molecule is COCOCCn1c(-c2cccc3[nH]ccc23)c(C)c2ccc(C)cc21. The number of aromatic amines is 1. The third-order valence-corrected chi connectivity index (χ3v) is 4.98. The number of methoxy groups -OCH3 is 1. The predicted molar refractivity (Wildman–Crippen MR) is 107 cm³/mol. The number of hydrogen-bond donors (Lipinski definition) is 1. The molecule has 2 heterocycles. The normalized spacial score (nSPS) is 11.7. The van der Waals surface area contributed by atoms with E-state index in [1.165, 1.54) is 38.7 Å². The van der Waals surface area contributed by atoms with Crippen LogP contribution in [-0.4, -0.2) is 30.1 Å². The third-order valence-electron chi connectivity index (χ3n) is 4.98. The lowest BCUT2D eigenvalue weighted by Gasteiger charge is -2.13. The molecule has 0 spiro atoms. The fourth-order valence-electron chi connectivity index (χ4n) is 3.80. The largest absolute Gasteiger partial charge is 0.361 e. The molecule has 0 aliphatic carbocycles. The van der Waals surface area contributed by atoms with E-state index >= 15 is 0 Å². The van der Waals surface area contributed by atoms with Gasteiger partial charge in [0.15, 0.2) is 0 Å². The Hall–Kier alpha value is -2.56. The summed E-state index contributed by atoms with van der Waals surface area (Å²) in [6, 6.07) is 15.3. The number of nitrogens with one attached hydrogen (secondary N) is 1. The molecule has 4 rings (SSSR count). The van der Waals surface area contributed by atoms with Crippen LogP contribution in [0.25, 0.3) is 33.1 Å². The summed E-state index contributed by atoms with van der Waals surface area (Å²) in [6.45, 7) is 6.07. The first-order chi connectivity index (χ1) is 12.7. The number of ether oxygens (including phenoxy) is 2. The topological polar surface area (TPSA) is 39.2 Å². The van der Waals surface area contributed by atoms with Crippen molar-refractivity contribution in [1.29, 1.82) is 0 Å². The second-order valence-electron chi connectivity index (χ2n) is 6.71. The van der Waals surface area contributed by atoms with Gasteiger partial charge in [0.25, 0.3) is 0 Å². The molecule has 0 aliphatic heterocycles. The highest BCUT2D eigenvalue weighted by Gasteiger charge is 2.17. The Labute approximate surface area is 153 Å². The van der Waals surface area contributed by atoms with E-state index in [9.17, 15) is 0 Å². The molecule has 0 radical (unpaired) electrons. The van der Waals surface area contributed by atoms with Gasteiger partial charge in [0.05, 0.1) is 12.3 Å². The number of hydrogen-bond acceptors (Lipinski definition) is 2. The van der Waals surface area contributed by atoms with Crippen LogP contribution in [0.4, 0.5) is 0 Å². The number of fused-ring (bicyclic) bond motifs is 2. The smallest absolute Gasteiger partial charge is 0.146 e. The van der Waals surface area contributed by atoms with E-state index in [1.54, 1.807) is 7.11 Å². The van der Waals surface area contributed by atoms with Gasteiger partial charge in [-0.3, -0.25) is 0 Å². The summed E-state index contributed by atoms with van der Waals surface area (Å²) in [7, 11) is 1.65. The maximum atomic E-state index is 5.59. The molecule has 4 aromatic rings. The summed E-state index contributed by atoms with van der Waals surface area (Å²) in [4.78, 5) is 3.32. The number of aryl methyl sites for hydroxylation is 2. The van der Waals surface area contributed by atoms with Gasteiger partial charge < -0.3 is 19.0 Å². The Morgan fingerprint density at radius 3 is 2.77 bits per heavy atom. The molecule has 4 heteroatoms. The van der Waals surface area contributed by atoms with E-state index in [0.717, 1.165) is 12.1 Å². The molecular weight excluding hydrogens is 324 g/mol. The van der Waals surface area contributed by atoms with Crippen LogP contribution in [0.15, 0.2) is 48.7 Å². The molecule has 0 unspecified atom stereocenters. The number of nitrogens with zero attached hydrogens (tertiary/aromatic N) is 1. The first-order valence-corrected chi connectivity index (χ1v) is 8.93. The molecule has 0 atom stereocenters. The molecule has 2 aromatic carbocycles. The fraction of sp³-hybridized carbons (Fsp3) is 0.273. The van der Waals surface area contributed by atoms with Crippen LogP contribution in [0.2, 0.25) is 0 Å². The zero-order chi connectivity index (χ0) is 18.1. The summed E-state index contributed by atoms with van der Waals surface area (Å²) in [5, 5.41) is 2.54. The number of aromatic nitrogens is 2. The van der Waals surface area contributed by atoms with Gasteiger partial charge in [-0.15, -0.1) is 0 Å². The Balaban J connectivity index is 1.92. The first kappa shape index (κ1) is 16.9. The Morgan fingerprint density at radius 2 is 1.92 bits per heavy atom. The van der Waals surface area contributed by atoms with Crippen LogP contribution < -0.4 is 0 Å². The van der Waals surface area contributed by atoms with Gasteiger partial charge in [-0.05, 0) is 43.2 Å². The lowest BCUT2D eigenvalue weighted by atomic mass is 10.0. The zero-order valence-electron chi connectivity index (χ0n) is 15.5. The number of benzene rings is 2. The molecule has 0 aliphatic rings. The van der Waals surface area contributed by atoms with E-state index in [4.69, 9.17) is 9.47 Å². The van der Waals surface area contributed by atoms with Crippen molar-refractivity contribution in [3.8, 4) is 11.3 Å². The van der Waals surface area contributed by atoms with Crippen molar-refractivity contribution in [3.63, 3.8) is 0 Å². The highest BCUT2D eigenvalue weighted by atomic mass is 16.7. The lowest BCUT2D eigenvalue weighted by molar-refractivity contribution is -0.0326. The molecule has 4 nitrogen and oxygen atoms in total. The zero-order valence-corrected chi connectivity index (χ0v) is 15.5. The van der Waals surface area contributed by atoms with Gasteiger partial charge in [0.1, 0.15) is 6.79 Å². The van der Waals surface area contributed by atoms with Gasteiger partial charge in [0, 0.05) is 47.2 Å². The molecule has 1 N–H and O–H groups in total. The molecule has 0 amide bonds.